The van der Waals surface area contributed by atoms with Crippen LogP contribution in [0.4, 0.5) is 0 Å². The first-order chi connectivity index (χ1) is 9.06. The van der Waals surface area contributed by atoms with Crippen LogP contribution < -0.4 is 5.32 Å². The van der Waals surface area contributed by atoms with Crippen molar-refractivity contribution in [2.24, 2.45) is 7.05 Å². The van der Waals surface area contributed by atoms with Gasteiger partial charge in [0.05, 0.1) is 29.6 Å². The Morgan fingerprint density at radius 3 is 2.68 bits per heavy atom. The van der Waals surface area contributed by atoms with Crippen LogP contribution in [0.5, 0.6) is 0 Å². The lowest BCUT2D eigenvalue weighted by Crippen LogP contribution is -2.23. The van der Waals surface area contributed by atoms with E-state index in [-0.39, 0.29) is 0 Å². The molecule has 0 amide bonds. The number of ether oxygens (including phenoxy) is 1. The van der Waals surface area contributed by atoms with Crippen molar-refractivity contribution in [3.63, 3.8) is 0 Å². The number of aryl methyl sites for hydroxylation is 2. The Labute approximate surface area is 120 Å². The summed E-state index contributed by atoms with van der Waals surface area (Å²) >= 11 is 6.27. The lowest BCUT2D eigenvalue weighted by Gasteiger charge is -2.10. The van der Waals surface area contributed by atoms with Gasteiger partial charge >= 0.3 is 0 Å². The normalized spacial score (nSPS) is 11.5. The van der Waals surface area contributed by atoms with Crippen LogP contribution in [-0.2, 0) is 24.8 Å². The van der Waals surface area contributed by atoms with Gasteiger partial charge in [0.25, 0.3) is 0 Å². The molecular weight excluding hydrogens is 264 g/mol. The highest BCUT2D eigenvalue weighted by Crippen LogP contribution is 2.20. The van der Waals surface area contributed by atoms with E-state index in [1.54, 1.807) is 0 Å². The van der Waals surface area contributed by atoms with E-state index >= 15 is 0 Å². The number of halogens is 1. The molecule has 19 heavy (non-hydrogen) atoms. The molecule has 0 bridgehead atoms. The lowest BCUT2D eigenvalue weighted by atomic mass is 10.3. The quantitative estimate of drug-likeness (QED) is 0.696. The summed E-state index contributed by atoms with van der Waals surface area (Å²) in [5.41, 5.74) is 2.00. The summed E-state index contributed by atoms with van der Waals surface area (Å²) in [5.74, 6) is 0. The Hall–Kier alpha value is -0.620. The third-order valence-electron chi connectivity index (χ3n) is 2.90. The van der Waals surface area contributed by atoms with Gasteiger partial charge in [0, 0.05) is 26.7 Å². The molecule has 1 heterocycles. The van der Waals surface area contributed by atoms with Crippen LogP contribution in [0.25, 0.3) is 0 Å². The second kappa shape index (κ2) is 8.53. The number of hydrogen-bond acceptors (Lipinski definition) is 4. The molecule has 0 fully saturated rings. The van der Waals surface area contributed by atoms with Gasteiger partial charge in [-0.1, -0.05) is 18.5 Å². The number of nitrogens with one attached hydrogen (secondary N) is 1. The van der Waals surface area contributed by atoms with Gasteiger partial charge < -0.3 is 15.0 Å². The molecule has 1 aromatic heterocycles. The van der Waals surface area contributed by atoms with E-state index in [0.29, 0.717) is 6.61 Å². The molecule has 0 spiro atoms. The van der Waals surface area contributed by atoms with Crippen molar-refractivity contribution in [1.82, 2.24) is 20.0 Å². The summed E-state index contributed by atoms with van der Waals surface area (Å²) in [6, 6.07) is 0. The second-order valence-electron chi connectivity index (χ2n) is 4.78. The molecule has 0 aliphatic rings. The number of nitrogens with zero attached hydrogens (tertiary/aromatic N) is 3. The molecule has 110 valence electrons. The van der Waals surface area contributed by atoms with Crippen LogP contribution in [0, 0.1) is 0 Å². The Kier molecular flexibility index (Phi) is 7.38. The Morgan fingerprint density at radius 2 is 2.11 bits per heavy atom. The average Bonchev–Trinajstić information content (AvgIpc) is 2.64. The van der Waals surface area contributed by atoms with Gasteiger partial charge in [-0.05, 0) is 20.5 Å². The first kappa shape index (κ1) is 16.4. The Bertz CT molecular complexity index is 379. The molecule has 1 aromatic rings. The van der Waals surface area contributed by atoms with Crippen LogP contribution in [0.2, 0.25) is 5.02 Å². The SMILES string of the molecule is CCc1nn(C)c(CNCCOCCN(C)C)c1Cl. The van der Waals surface area contributed by atoms with Crippen molar-refractivity contribution in [1.29, 1.82) is 0 Å². The maximum atomic E-state index is 6.27. The third-order valence-corrected chi connectivity index (χ3v) is 3.34. The van der Waals surface area contributed by atoms with Gasteiger partial charge in [-0.3, -0.25) is 4.68 Å². The van der Waals surface area contributed by atoms with Crippen molar-refractivity contribution < 1.29 is 4.74 Å². The fraction of sp³-hybridized carbons (Fsp3) is 0.769. The van der Waals surface area contributed by atoms with E-state index < -0.39 is 0 Å². The molecule has 0 saturated carbocycles. The van der Waals surface area contributed by atoms with Crippen molar-refractivity contribution in [3.8, 4) is 0 Å². The molecule has 0 saturated heterocycles. The number of aromatic nitrogens is 2. The summed E-state index contributed by atoms with van der Waals surface area (Å²) in [6.45, 7) is 6.03. The highest BCUT2D eigenvalue weighted by Gasteiger charge is 2.11. The molecule has 1 N–H and O–H groups in total. The molecule has 5 nitrogen and oxygen atoms in total. The molecular formula is C13H25ClN4O. The van der Waals surface area contributed by atoms with Crippen molar-refractivity contribution in [2.75, 3.05) is 40.4 Å². The lowest BCUT2D eigenvalue weighted by molar-refractivity contribution is 0.119. The van der Waals surface area contributed by atoms with Crippen molar-refractivity contribution in [2.45, 2.75) is 19.9 Å². The summed E-state index contributed by atoms with van der Waals surface area (Å²) < 4.78 is 7.36. The monoisotopic (exact) mass is 288 g/mol. The topological polar surface area (TPSA) is 42.3 Å². The molecule has 0 aromatic carbocycles. The van der Waals surface area contributed by atoms with Gasteiger partial charge in [0.1, 0.15) is 0 Å². The van der Waals surface area contributed by atoms with Crippen LogP contribution >= 0.6 is 11.6 Å². The van der Waals surface area contributed by atoms with Crippen molar-refractivity contribution >= 4 is 11.6 Å². The van der Waals surface area contributed by atoms with Gasteiger partial charge in [-0.25, -0.2) is 0 Å². The minimum atomic E-state index is 0.712. The Morgan fingerprint density at radius 1 is 1.37 bits per heavy atom. The summed E-state index contributed by atoms with van der Waals surface area (Å²) in [7, 11) is 6.00. The largest absolute Gasteiger partial charge is 0.379 e. The second-order valence-corrected chi connectivity index (χ2v) is 5.15. The van der Waals surface area contributed by atoms with E-state index in [2.05, 4.69) is 22.2 Å². The molecule has 1 rings (SSSR count). The molecule has 6 heteroatoms. The minimum absolute atomic E-state index is 0.712. The zero-order valence-electron chi connectivity index (χ0n) is 12.4. The average molecular weight is 289 g/mol. The van der Waals surface area contributed by atoms with E-state index in [4.69, 9.17) is 16.3 Å². The summed E-state index contributed by atoms with van der Waals surface area (Å²) in [4.78, 5) is 2.11. The van der Waals surface area contributed by atoms with E-state index in [1.807, 2.05) is 25.8 Å². The van der Waals surface area contributed by atoms with Crippen LogP contribution in [0.3, 0.4) is 0 Å². The van der Waals surface area contributed by atoms with E-state index in [1.165, 1.54) is 0 Å². The maximum Gasteiger partial charge on any atom is 0.0863 e. The maximum absolute atomic E-state index is 6.27. The smallest absolute Gasteiger partial charge is 0.0863 e. The van der Waals surface area contributed by atoms with Crippen LogP contribution in [-0.4, -0.2) is 55.1 Å². The minimum Gasteiger partial charge on any atom is -0.379 e. The number of hydrogen-bond donors (Lipinski definition) is 1. The fourth-order valence-electron chi connectivity index (χ4n) is 1.71. The zero-order valence-corrected chi connectivity index (χ0v) is 13.1. The molecule has 0 aliphatic carbocycles. The van der Waals surface area contributed by atoms with Gasteiger partial charge in [0.2, 0.25) is 0 Å². The zero-order chi connectivity index (χ0) is 14.3. The molecule has 0 radical (unpaired) electrons. The van der Waals surface area contributed by atoms with Crippen molar-refractivity contribution in [3.05, 3.63) is 16.4 Å². The predicted octanol–water partition coefficient (Wildman–Crippen LogP) is 1.30. The molecule has 0 atom stereocenters. The Balaban J connectivity index is 2.21. The predicted molar refractivity (Wildman–Crippen MR) is 78.7 cm³/mol. The van der Waals surface area contributed by atoms with E-state index in [9.17, 15) is 0 Å². The first-order valence-corrected chi connectivity index (χ1v) is 7.07. The number of likely N-dealkylation sites (N-methyl/N-ethyl adjacent to an activating group) is 1. The first-order valence-electron chi connectivity index (χ1n) is 6.69. The van der Waals surface area contributed by atoms with Crippen LogP contribution in [0.1, 0.15) is 18.3 Å². The molecule has 0 aliphatic heterocycles. The van der Waals surface area contributed by atoms with Gasteiger partial charge in [-0.15, -0.1) is 0 Å². The van der Waals surface area contributed by atoms with E-state index in [0.717, 1.165) is 49.1 Å². The number of rotatable bonds is 9. The summed E-state index contributed by atoms with van der Waals surface area (Å²) in [6.07, 6.45) is 0.861. The third kappa shape index (κ3) is 5.48. The van der Waals surface area contributed by atoms with Gasteiger partial charge in [-0.2, -0.15) is 5.10 Å². The molecule has 0 unspecified atom stereocenters. The highest BCUT2D eigenvalue weighted by atomic mass is 35.5. The standard InChI is InChI=1S/C13H25ClN4O/c1-5-11-13(14)12(18(4)16-11)10-15-6-8-19-9-7-17(2)3/h15H,5-10H2,1-4H3. The fourth-order valence-corrected chi connectivity index (χ4v) is 2.07. The van der Waals surface area contributed by atoms with Gasteiger partial charge in [0.15, 0.2) is 0 Å². The van der Waals surface area contributed by atoms with Crippen LogP contribution in [0.15, 0.2) is 0 Å². The highest BCUT2D eigenvalue weighted by molar-refractivity contribution is 6.31. The summed E-state index contributed by atoms with van der Waals surface area (Å²) in [5, 5.41) is 8.49.